The summed E-state index contributed by atoms with van der Waals surface area (Å²) in [6.07, 6.45) is 1.97. The van der Waals surface area contributed by atoms with Gasteiger partial charge in [-0.3, -0.25) is 4.79 Å². The minimum Gasteiger partial charge on any atom is -0.494 e. The highest BCUT2D eigenvalue weighted by Gasteiger charge is 2.09. The molecular weight excluding hydrogens is 437 g/mol. The smallest absolute Gasteiger partial charge is 0.256 e. The number of ether oxygens (including phenoxy) is 1. The maximum Gasteiger partial charge on any atom is 0.256 e. The number of carbonyl (C=O) groups is 1. The largest absolute Gasteiger partial charge is 0.494 e. The van der Waals surface area contributed by atoms with Gasteiger partial charge in [0.05, 0.1) is 12.2 Å². The number of carbonyl (C=O) groups excluding carboxylic acids is 1. The Bertz CT molecular complexity index is 848. The molecule has 0 bridgehead atoms. The molecule has 1 N–H and O–H groups in total. The molecule has 0 atom stereocenters. The monoisotopic (exact) mass is 457 g/mol. The second-order valence-electron chi connectivity index (χ2n) is 5.90. The van der Waals surface area contributed by atoms with Crippen LogP contribution in [0.2, 0.25) is 0 Å². The van der Waals surface area contributed by atoms with Gasteiger partial charge >= 0.3 is 0 Å². The zero-order valence-corrected chi connectivity index (χ0v) is 16.5. The number of nitrogens with one attached hydrogen (secondary N) is 1. The van der Waals surface area contributed by atoms with Crippen LogP contribution in [-0.4, -0.2) is 12.5 Å². The predicted molar refractivity (Wildman–Crippen MR) is 114 cm³/mol. The van der Waals surface area contributed by atoms with E-state index in [0.717, 1.165) is 27.8 Å². The van der Waals surface area contributed by atoms with E-state index in [1.165, 1.54) is 5.56 Å². The van der Waals surface area contributed by atoms with Crippen molar-refractivity contribution in [3.63, 3.8) is 0 Å². The quantitative estimate of drug-likeness (QED) is 0.373. The van der Waals surface area contributed by atoms with Crippen molar-refractivity contribution in [2.24, 2.45) is 0 Å². The van der Waals surface area contributed by atoms with Crippen LogP contribution in [0, 0.1) is 3.57 Å². The lowest BCUT2D eigenvalue weighted by Gasteiger charge is -2.09. The summed E-state index contributed by atoms with van der Waals surface area (Å²) in [7, 11) is 0. The Hall–Kier alpha value is -2.34. The topological polar surface area (TPSA) is 38.3 Å². The maximum atomic E-state index is 12.3. The maximum absolute atomic E-state index is 12.3. The van der Waals surface area contributed by atoms with E-state index in [9.17, 15) is 4.79 Å². The Morgan fingerprint density at radius 3 is 2.31 bits per heavy atom. The minimum absolute atomic E-state index is 0.105. The van der Waals surface area contributed by atoms with Crippen molar-refractivity contribution in [3.8, 4) is 5.75 Å². The molecule has 26 heavy (non-hydrogen) atoms. The molecule has 0 aliphatic rings. The Balaban J connectivity index is 1.47. The van der Waals surface area contributed by atoms with Gasteiger partial charge in [-0.2, -0.15) is 0 Å². The van der Waals surface area contributed by atoms with Gasteiger partial charge in [0.1, 0.15) is 5.75 Å². The number of hydrogen-bond acceptors (Lipinski definition) is 2. The van der Waals surface area contributed by atoms with Gasteiger partial charge in [0, 0.05) is 9.26 Å². The normalized spacial score (nSPS) is 10.3. The molecule has 0 aromatic heterocycles. The molecule has 3 aromatic rings. The summed E-state index contributed by atoms with van der Waals surface area (Å²) in [4.78, 5) is 12.3. The number of amides is 1. The first-order valence-electron chi connectivity index (χ1n) is 8.55. The summed E-state index contributed by atoms with van der Waals surface area (Å²) in [5, 5.41) is 2.92. The van der Waals surface area contributed by atoms with Crippen LogP contribution in [-0.2, 0) is 6.42 Å². The lowest BCUT2D eigenvalue weighted by atomic mass is 10.1. The molecular formula is C22H20INO2. The summed E-state index contributed by atoms with van der Waals surface area (Å²) >= 11 is 2.17. The Morgan fingerprint density at radius 2 is 1.58 bits per heavy atom. The SMILES string of the molecule is O=C(Nc1ccc(OCCCc2ccccc2)cc1)c1ccccc1I. The first kappa shape index (κ1) is 18.5. The van der Waals surface area contributed by atoms with Gasteiger partial charge < -0.3 is 10.1 Å². The molecule has 132 valence electrons. The van der Waals surface area contributed by atoms with E-state index in [0.29, 0.717) is 12.2 Å². The average Bonchev–Trinajstić information content (AvgIpc) is 2.67. The molecule has 0 saturated heterocycles. The number of anilines is 1. The van der Waals surface area contributed by atoms with E-state index in [4.69, 9.17) is 4.74 Å². The van der Waals surface area contributed by atoms with Crippen LogP contribution in [0.25, 0.3) is 0 Å². The molecule has 0 aliphatic heterocycles. The first-order valence-corrected chi connectivity index (χ1v) is 9.63. The van der Waals surface area contributed by atoms with Crippen LogP contribution in [0.4, 0.5) is 5.69 Å². The third-order valence-electron chi connectivity index (χ3n) is 3.95. The number of aryl methyl sites for hydroxylation is 1. The van der Waals surface area contributed by atoms with Crippen molar-refractivity contribution < 1.29 is 9.53 Å². The number of rotatable bonds is 7. The van der Waals surface area contributed by atoms with Crippen LogP contribution >= 0.6 is 22.6 Å². The molecule has 0 unspecified atom stereocenters. The second-order valence-corrected chi connectivity index (χ2v) is 7.06. The summed E-state index contributed by atoms with van der Waals surface area (Å²) in [6.45, 7) is 0.669. The van der Waals surface area contributed by atoms with E-state index in [-0.39, 0.29) is 5.91 Å². The Kier molecular flexibility index (Phi) is 6.66. The fourth-order valence-electron chi connectivity index (χ4n) is 2.59. The van der Waals surface area contributed by atoms with Gasteiger partial charge in [0.25, 0.3) is 5.91 Å². The Morgan fingerprint density at radius 1 is 0.885 bits per heavy atom. The van der Waals surface area contributed by atoms with Gasteiger partial charge in [0.15, 0.2) is 0 Å². The summed E-state index contributed by atoms with van der Waals surface area (Å²) in [6, 6.07) is 25.4. The summed E-state index contributed by atoms with van der Waals surface area (Å²) < 4.78 is 6.71. The van der Waals surface area contributed by atoms with Crippen LogP contribution in [0.15, 0.2) is 78.9 Å². The van der Waals surface area contributed by atoms with Crippen molar-refractivity contribution in [2.45, 2.75) is 12.8 Å². The second kappa shape index (κ2) is 9.38. The minimum atomic E-state index is -0.105. The molecule has 0 spiro atoms. The lowest BCUT2D eigenvalue weighted by molar-refractivity contribution is 0.102. The van der Waals surface area contributed by atoms with E-state index < -0.39 is 0 Å². The standard InChI is InChI=1S/C22H20INO2/c23-21-11-5-4-10-20(21)22(25)24-18-12-14-19(15-13-18)26-16-6-9-17-7-2-1-3-8-17/h1-5,7-8,10-15H,6,9,16H2,(H,24,25). The van der Waals surface area contributed by atoms with Gasteiger partial charge in [-0.15, -0.1) is 0 Å². The molecule has 0 aliphatic carbocycles. The van der Waals surface area contributed by atoms with Crippen molar-refractivity contribution in [1.29, 1.82) is 0 Å². The molecule has 1 amide bonds. The van der Waals surface area contributed by atoms with Crippen LogP contribution < -0.4 is 10.1 Å². The zero-order chi connectivity index (χ0) is 18.2. The fraction of sp³-hybridized carbons (Fsp3) is 0.136. The van der Waals surface area contributed by atoms with E-state index >= 15 is 0 Å². The number of hydrogen-bond donors (Lipinski definition) is 1. The highest BCUT2D eigenvalue weighted by Crippen LogP contribution is 2.18. The van der Waals surface area contributed by atoms with Gasteiger partial charge in [-0.1, -0.05) is 42.5 Å². The number of benzene rings is 3. The van der Waals surface area contributed by atoms with Crippen LogP contribution in [0.5, 0.6) is 5.75 Å². The molecule has 0 fully saturated rings. The predicted octanol–water partition coefficient (Wildman–Crippen LogP) is 5.56. The van der Waals surface area contributed by atoms with E-state index in [1.54, 1.807) is 0 Å². The Labute approximate surface area is 167 Å². The highest BCUT2D eigenvalue weighted by atomic mass is 127. The molecule has 0 heterocycles. The van der Waals surface area contributed by atoms with E-state index in [1.807, 2.05) is 54.6 Å². The molecule has 3 nitrogen and oxygen atoms in total. The van der Waals surface area contributed by atoms with Gasteiger partial charge in [0.2, 0.25) is 0 Å². The average molecular weight is 457 g/mol. The lowest BCUT2D eigenvalue weighted by Crippen LogP contribution is -2.13. The molecule has 3 rings (SSSR count). The van der Waals surface area contributed by atoms with Crippen LogP contribution in [0.1, 0.15) is 22.3 Å². The number of halogens is 1. The summed E-state index contributed by atoms with van der Waals surface area (Å²) in [5.41, 5.74) is 2.75. The summed E-state index contributed by atoms with van der Waals surface area (Å²) in [5.74, 6) is 0.705. The van der Waals surface area contributed by atoms with Crippen molar-refractivity contribution in [1.82, 2.24) is 0 Å². The highest BCUT2D eigenvalue weighted by molar-refractivity contribution is 14.1. The molecule has 0 radical (unpaired) electrons. The van der Waals surface area contributed by atoms with E-state index in [2.05, 4.69) is 52.2 Å². The van der Waals surface area contributed by atoms with Crippen molar-refractivity contribution in [3.05, 3.63) is 93.6 Å². The first-order chi connectivity index (χ1) is 12.7. The van der Waals surface area contributed by atoms with Gasteiger partial charge in [-0.05, 0) is 77.4 Å². The van der Waals surface area contributed by atoms with Crippen LogP contribution in [0.3, 0.4) is 0 Å². The van der Waals surface area contributed by atoms with Crippen molar-refractivity contribution in [2.75, 3.05) is 11.9 Å². The van der Waals surface area contributed by atoms with Gasteiger partial charge in [-0.25, -0.2) is 0 Å². The van der Waals surface area contributed by atoms with Crippen molar-refractivity contribution >= 4 is 34.2 Å². The third kappa shape index (κ3) is 5.33. The molecule has 0 saturated carbocycles. The fourth-order valence-corrected chi connectivity index (χ4v) is 3.22. The molecule has 3 aromatic carbocycles. The molecule has 4 heteroatoms. The zero-order valence-electron chi connectivity index (χ0n) is 14.3. The third-order valence-corrected chi connectivity index (χ3v) is 4.89.